The molecule has 0 atom stereocenters. The van der Waals surface area contributed by atoms with Crippen LogP contribution in [0.4, 0.5) is 4.39 Å². The van der Waals surface area contributed by atoms with Crippen LogP contribution in [0, 0.1) is 5.82 Å². The summed E-state index contributed by atoms with van der Waals surface area (Å²) in [5.74, 6) is -1.32. The van der Waals surface area contributed by atoms with Crippen molar-refractivity contribution in [2.45, 2.75) is 25.7 Å². The van der Waals surface area contributed by atoms with Gasteiger partial charge in [0.25, 0.3) is 0 Å². The van der Waals surface area contributed by atoms with Crippen LogP contribution in [-0.4, -0.2) is 34.5 Å². The summed E-state index contributed by atoms with van der Waals surface area (Å²) in [5, 5.41) is 21.1. The number of carbonyl (C=O) groups is 1. The van der Waals surface area contributed by atoms with Gasteiger partial charge in [0, 0.05) is 23.3 Å². The first-order valence-electron chi connectivity index (χ1n) is 9.11. The molecule has 1 aliphatic carbocycles. The molecule has 0 amide bonds. The van der Waals surface area contributed by atoms with E-state index in [1.165, 1.54) is 25.3 Å². The van der Waals surface area contributed by atoms with Gasteiger partial charge in [0.1, 0.15) is 18.2 Å². The zero-order valence-corrected chi connectivity index (χ0v) is 16.6. The van der Waals surface area contributed by atoms with E-state index >= 15 is 0 Å². The normalized spacial score (nSPS) is 13.8. The van der Waals surface area contributed by atoms with Crippen LogP contribution in [0.2, 0.25) is 5.02 Å². The first-order valence-corrected chi connectivity index (χ1v) is 9.49. The number of aromatic hydroxyl groups is 2. The maximum Gasteiger partial charge on any atom is 0.330 e. The van der Waals surface area contributed by atoms with Gasteiger partial charge in [0.15, 0.2) is 0 Å². The number of methoxy groups -OCH3 is 1. The second-order valence-corrected chi connectivity index (χ2v) is 6.91. The highest BCUT2D eigenvalue weighted by molar-refractivity contribution is 6.32. The number of hydrogen-bond donors (Lipinski definition) is 2. The van der Waals surface area contributed by atoms with Gasteiger partial charge in [-0.05, 0) is 37.8 Å². The number of fused-ring (bicyclic) bond motifs is 1. The van der Waals surface area contributed by atoms with Crippen molar-refractivity contribution in [3.05, 3.63) is 58.4 Å². The van der Waals surface area contributed by atoms with Crippen LogP contribution in [0.1, 0.15) is 24.0 Å². The number of halogens is 2. The largest absolute Gasteiger partial charge is 0.494 e. The summed E-state index contributed by atoms with van der Waals surface area (Å²) in [6.07, 6.45) is 9.02. The van der Waals surface area contributed by atoms with E-state index < -0.39 is 11.8 Å². The average molecular weight is 422 g/mol. The molecule has 0 saturated heterocycles. The predicted octanol–water partition coefficient (Wildman–Crippen LogP) is 4.22. The van der Waals surface area contributed by atoms with Gasteiger partial charge in [-0.15, -0.1) is 0 Å². The molecule has 0 fully saturated rings. The molecule has 2 N–H and O–H groups in total. The number of aromatic nitrogens is 1. The number of benzene rings is 1. The van der Waals surface area contributed by atoms with Crippen molar-refractivity contribution in [2.75, 3.05) is 13.7 Å². The Bertz CT molecular complexity index is 951. The third-order valence-corrected chi connectivity index (χ3v) is 4.98. The molecule has 0 bridgehead atoms. The lowest BCUT2D eigenvalue weighted by atomic mass is 9.95. The van der Waals surface area contributed by atoms with Gasteiger partial charge in [-0.25, -0.2) is 13.8 Å². The molecular weight excluding hydrogens is 401 g/mol. The van der Waals surface area contributed by atoms with E-state index in [1.54, 1.807) is 12.2 Å². The molecule has 0 unspecified atom stereocenters. The van der Waals surface area contributed by atoms with Crippen molar-refractivity contribution in [3.63, 3.8) is 0 Å². The summed E-state index contributed by atoms with van der Waals surface area (Å²) in [6, 6.07) is 2.41. The monoisotopic (exact) mass is 421 g/mol. The maximum atomic E-state index is 14.6. The van der Waals surface area contributed by atoms with E-state index in [-0.39, 0.29) is 34.8 Å². The Morgan fingerprint density at radius 3 is 2.48 bits per heavy atom. The summed E-state index contributed by atoms with van der Waals surface area (Å²) < 4.78 is 25.7. The van der Waals surface area contributed by atoms with Crippen molar-refractivity contribution >= 4 is 17.6 Å². The smallest absolute Gasteiger partial charge is 0.330 e. The molecule has 1 aliphatic rings. The van der Waals surface area contributed by atoms with Crippen LogP contribution in [0.3, 0.4) is 0 Å². The topological polar surface area (TPSA) is 80.9 Å². The standard InChI is InChI=1S/C21H21ClFNO5/c1-28-19(25)9-3-2-6-10-29-18-12-17(16(23)11-15(18)22)24-20(26)13-7-4-5-8-14(13)21(24)27/h2-3,6,9,11-12,26-27H,4-5,7-8,10H2,1H3. The van der Waals surface area contributed by atoms with Crippen molar-refractivity contribution < 1.29 is 28.9 Å². The number of carbonyl (C=O) groups excluding carboxylic acids is 1. The van der Waals surface area contributed by atoms with Gasteiger partial charge in [-0.1, -0.05) is 23.8 Å². The fourth-order valence-electron chi connectivity index (χ4n) is 3.27. The third-order valence-electron chi connectivity index (χ3n) is 4.69. The second-order valence-electron chi connectivity index (χ2n) is 6.50. The fraction of sp³-hybridized carbons (Fsp3) is 0.286. The maximum absolute atomic E-state index is 14.6. The van der Waals surface area contributed by atoms with E-state index in [9.17, 15) is 19.4 Å². The summed E-state index contributed by atoms with van der Waals surface area (Å²) >= 11 is 6.07. The highest BCUT2D eigenvalue weighted by Gasteiger charge is 2.27. The van der Waals surface area contributed by atoms with Crippen LogP contribution < -0.4 is 4.74 Å². The van der Waals surface area contributed by atoms with Gasteiger partial charge in [0.05, 0.1) is 17.8 Å². The number of rotatable bonds is 6. The van der Waals surface area contributed by atoms with Crippen molar-refractivity contribution in [1.82, 2.24) is 4.57 Å². The van der Waals surface area contributed by atoms with E-state index in [4.69, 9.17) is 16.3 Å². The van der Waals surface area contributed by atoms with Crippen molar-refractivity contribution in [1.29, 1.82) is 0 Å². The summed E-state index contributed by atoms with van der Waals surface area (Å²) in [4.78, 5) is 11.0. The fourth-order valence-corrected chi connectivity index (χ4v) is 3.48. The van der Waals surface area contributed by atoms with Crippen LogP contribution in [0.15, 0.2) is 36.4 Å². The molecule has 0 spiro atoms. The Kier molecular flexibility index (Phi) is 6.49. The molecule has 1 aromatic carbocycles. The summed E-state index contributed by atoms with van der Waals surface area (Å²) in [5.41, 5.74) is 1.24. The van der Waals surface area contributed by atoms with E-state index in [0.717, 1.165) is 23.5 Å². The van der Waals surface area contributed by atoms with Gasteiger partial charge in [0.2, 0.25) is 11.8 Å². The quantitative estimate of drug-likeness (QED) is 0.414. The van der Waals surface area contributed by atoms with Crippen LogP contribution in [0.5, 0.6) is 17.5 Å². The number of hydrogen-bond acceptors (Lipinski definition) is 5. The lowest BCUT2D eigenvalue weighted by Gasteiger charge is -2.12. The molecular formula is C21H21ClFNO5. The molecule has 6 nitrogen and oxygen atoms in total. The summed E-state index contributed by atoms with van der Waals surface area (Å²) in [6.45, 7) is 0.108. The number of esters is 1. The molecule has 2 aromatic rings. The molecule has 0 radical (unpaired) electrons. The highest BCUT2D eigenvalue weighted by Crippen LogP contribution is 2.42. The lowest BCUT2D eigenvalue weighted by molar-refractivity contribution is -0.134. The summed E-state index contributed by atoms with van der Waals surface area (Å²) in [7, 11) is 1.28. The van der Waals surface area contributed by atoms with Crippen molar-refractivity contribution in [2.24, 2.45) is 0 Å². The number of nitrogens with zero attached hydrogens (tertiary/aromatic N) is 1. The highest BCUT2D eigenvalue weighted by atomic mass is 35.5. The lowest BCUT2D eigenvalue weighted by Crippen LogP contribution is -2.01. The Labute approximate surface area is 172 Å². The van der Waals surface area contributed by atoms with Gasteiger partial charge in [-0.3, -0.25) is 0 Å². The molecule has 29 heavy (non-hydrogen) atoms. The zero-order valence-electron chi connectivity index (χ0n) is 15.8. The number of ether oxygens (including phenoxy) is 2. The Hall–Kier alpha value is -2.93. The van der Waals surface area contributed by atoms with Gasteiger partial charge < -0.3 is 19.7 Å². The molecule has 1 heterocycles. The SMILES string of the molecule is COC(=O)C=CC=CCOc1cc(-n2c(O)c3c(c2O)CCCC3)c(F)cc1Cl. The van der Waals surface area contributed by atoms with Crippen LogP contribution >= 0.6 is 11.6 Å². The minimum atomic E-state index is -0.697. The molecule has 0 saturated carbocycles. The second kappa shape index (κ2) is 9.05. The first-order chi connectivity index (χ1) is 13.9. The van der Waals surface area contributed by atoms with E-state index in [0.29, 0.717) is 24.0 Å². The minimum Gasteiger partial charge on any atom is -0.494 e. The molecule has 1 aromatic heterocycles. The van der Waals surface area contributed by atoms with Crippen LogP contribution in [-0.2, 0) is 22.4 Å². The predicted molar refractivity (Wildman–Crippen MR) is 106 cm³/mol. The molecule has 0 aliphatic heterocycles. The van der Waals surface area contributed by atoms with E-state index in [1.807, 2.05) is 0 Å². The Morgan fingerprint density at radius 1 is 1.21 bits per heavy atom. The Balaban J connectivity index is 1.84. The van der Waals surface area contributed by atoms with E-state index in [2.05, 4.69) is 4.74 Å². The van der Waals surface area contributed by atoms with Crippen LogP contribution in [0.25, 0.3) is 5.69 Å². The Morgan fingerprint density at radius 2 is 1.86 bits per heavy atom. The molecule has 3 rings (SSSR count). The van der Waals surface area contributed by atoms with Gasteiger partial charge in [-0.2, -0.15) is 0 Å². The third kappa shape index (κ3) is 4.40. The average Bonchev–Trinajstić information content (AvgIpc) is 2.96. The molecule has 154 valence electrons. The minimum absolute atomic E-state index is 0.0524. The zero-order chi connectivity index (χ0) is 21.0. The molecule has 8 heteroatoms. The number of allylic oxidation sites excluding steroid dienone is 2. The van der Waals surface area contributed by atoms with Gasteiger partial charge >= 0.3 is 5.97 Å². The van der Waals surface area contributed by atoms with Crippen molar-refractivity contribution in [3.8, 4) is 23.2 Å². The first kappa shape index (κ1) is 20.8.